The van der Waals surface area contributed by atoms with Crippen molar-refractivity contribution in [2.75, 3.05) is 11.5 Å². The van der Waals surface area contributed by atoms with Gasteiger partial charge in [0.25, 0.3) is 0 Å². The Morgan fingerprint density at radius 2 is 2.14 bits per heavy atom. The lowest BCUT2D eigenvalue weighted by Crippen LogP contribution is -2.39. The maximum absolute atomic E-state index is 10.6. The number of thiophene rings is 1. The van der Waals surface area contributed by atoms with Gasteiger partial charge in [-0.15, -0.1) is 11.3 Å². The van der Waals surface area contributed by atoms with Crippen molar-refractivity contribution in [2.24, 2.45) is 5.41 Å². The van der Waals surface area contributed by atoms with E-state index < -0.39 is 5.60 Å². The monoisotopic (exact) mass is 228 g/mol. The zero-order valence-corrected chi connectivity index (χ0v) is 10.3. The van der Waals surface area contributed by atoms with Crippen LogP contribution in [-0.4, -0.2) is 16.6 Å². The lowest BCUT2D eigenvalue weighted by Gasteiger charge is -2.40. The predicted molar refractivity (Wildman–Crippen MR) is 63.9 cm³/mol. The Balaban J connectivity index is 2.24. The van der Waals surface area contributed by atoms with Crippen LogP contribution in [0.4, 0.5) is 0 Å². The molecule has 1 aliphatic heterocycles. The van der Waals surface area contributed by atoms with Crippen molar-refractivity contribution in [1.82, 2.24) is 0 Å². The average molecular weight is 228 g/mol. The molecule has 1 atom stereocenters. The summed E-state index contributed by atoms with van der Waals surface area (Å²) in [6.45, 7) is 4.47. The van der Waals surface area contributed by atoms with Crippen LogP contribution in [-0.2, 0) is 5.60 Å². The predicted octanol–water partition coefficient (Wildman–Crippen LogP) is 3.10. The first kappa shape index (κ1) is 10.5. The Morgan fingerprint density at radius 1 is 1.36 bits per heavy atom. The van der Waals surface area contributed by atoms with Crippen LogP contribution in [0.1, 0.15) is 25.1 Å². The van der Waals surface area contributed by atoms with Crippen molar-refractivity contribution in [1.29, 1.82) is 0 Å². The summed E-state index contributed by atoms with van der Waals surface area (Å²) in [6, 6.07) is 4.07. The molecule has 0 bridgehead atoms. The fraction of sp³-hybridized carbons (Fsp3) is 0.636. The SMILES string of the molecule is CC1(C)CSCC(O)(c2cccs2)C1. The third-order valence-corrected chi connectivity index (χ3v) is 5.31. The summed E-state index contributed by atoms with van der Waals surface area (Å²) in [5, 5.41) is 12.6. The molecule has 1 aliphatic rings. The van der Waals surface area contributed by atoms with Crippen LogP contribution in [0.2, 0.25) is 0 Å². The van der Waals surface area contributed by atoms with Gasteiger partial charge in [0.2, 0.25) is 0 Å². The Kier molecular flexibility index (Phi) is 2.66. The molecule has 0 aliphatic carbocycles. The molecule has 0 aromatic carbocycles. The number of aliphatic hydroxyl groups is 1. The first-order valence-electron chi connectivity index (χ1n) is 4.86. The molecule has 1 aromatic heterocycles. The van der Waals surface area contributed by atoms with E-state index in [-0.39, 0.29) is 5.41 Å². The number of rotatable bonds is 1. The van der Waals surface area contributed by atoms with Crippen LogP contribution in [0.25, 0.3) is 0 Å². The molecule has 1 aromatic rings. The summed E-state index contributed by atoms with van der Waals surface area (Å²) < 4.78 is 0. The number of thioether (sulfide) groups is 1. The minimum atomic E-state index is -0.583. The fourth-order valence-electron chi connectivity index (χ4n) is 2.09. The van der Waals surface area contributed by atoms with Gasteiger partial charge in [-0.3, -0.25) is 0 Å². The van der Waals surface area contributed by atoms with Crippen molar-refractivity contribution in [3.05, 3.63) is 22.4 Å². The van der Waals surface area contributed by atoms with Gasteiger partial charge in [0.15, 0.2) is 0 Å². The second-order valence-corrected chi connectivity index (χ2v) is 6.78. The van der Waals surface area contributed by atoms with Crippen LogP contribution >= 0.6 is 23.1 Å². The molecule has 1 nitrogen and oxygen atoms in total. The zero-order valence-electron chi connectivity index (χ0n) is 8.62. The average Bonchev–Trinajstić information content (AvgIpc) is 2.52. The molecule has 0 spiro atoms. The van der Waals surface area contributed by atoms with Gasteiger partial charge >= 0.3 is 0 Å². The third-order valence-electron chi connectivity index (χ3n) is 2.58. The fourth-order valence-corrected chi connectivity index (χ4v) is 4.36. The lowest BCUT2D eigenvalue weighted by atomic mass is 9.81. The van der Waals surface area contributed by atoms with Crippen molar-refractivity contribution in [2.45, 2.75) is 25.9 Å². The molecule has 0 radical (unpaired) electrons. The molecule has 0 saturated carbocycles. The lowest BCUT2D eigenvalue weighted by molar-refractivity contribution is 0.0190. The highest BCUT2D eigenvalue weighted by Crippen LogP contribution is 2.45. The van der Waals surface area contributed by atoms with Crippen LogP contribution in [0.5, 0.6) is 0 Å². The maximum atomic E-state index is 10.6. The van der Waals surface area contributed by atoms with E-state index in [0.29, 0.717) is 0 Å². The normalized spacial score (nSPS) is 31.6. The smallest absolute Gasteiger partial charge is 0.108 e. The van der Waals surface area contributed by atoms with Crippen LogP contribution in [0.3, 0.4) is 0 Å². The first-order chi connectivity index (χ1) is 6.52. The molecule has 78 valence electrons. The molecular weight excluding hydrogens is 212 g/mol. The molecule has 0 amide bonds. The van der Waals surface area contributed by atoms with Gasteiger partial charge in [-0.2, -0.15) is 11.8 Å². The molecule has 1 fully saturated rings. The van der Waals surface area contributed by atoms with Crippen molar-refractivity contribution >= 4 is 23.1 Å². The Hall–Kier alpha value is 0.01000. The number of hydrogen-bond acceptors (Lipinski definition) is 3. The summed E-state index contributed by atoms with van der Waals surface area (Å²) >= 11 is 3.53. The van der Waals surface area contributed by atoms with Crippen molar-refractivity contribution in [3.8, 4) is 0 Å². The van der Waals surface area contributed by atoms with E-state index in [1.807, 2.05) is 29.3 Å². The van der Waals surface area contributed by atoms with Gasteiger partial charge in [-0.1, -0.05) is 19.9 Å². The Morgan fingerprint density at radius 3 is 2.71 bits per heavy atom. The third kappa shape index (κ3) is 2.00. The van der Waals surface area contributed by atoms with Gasteiger partial charge in [0.1, 0.15) is 5.60 Å². The molecule has 2 rings (SSSR count). The summed E-state index contributed by atoms with van der Waals surface area (Å²) in [4.78, 5) is 1.12. The largest absolute Gasteiger partial charge is 0.383 e. The second-order valence-electron chi connectivity index (χ2n) is 4.84. The summed E-state index contributed by atoms with van der Waals surface area (Å²) in [5.74, 6) is 2.00. The highest BCUT2D eigenvalue weighted by Gasteiger charge is 2.40. The maximum Gasteiger partial charge on any atom is 0.108 e. The molecule has 3 heteroatoms. The Bertz CT molecular complexity index is 305. The van der Waals surface area contributed by atoms with Crippen LogP contribution in [0.15, 0.2) is 17.5 Å². The second kappa shape index (κ2) is 3.54. The van der Waals surface area contributed by atoms with Gasteiger partial charge in [-0.25, -0.2) is 0 Å². The van der Waals surface area contributed by atoms with E-state index in [2.05, 4.69) is 13.8 Å². The molecule has 2 heterocycles. The Labute approximate surface area is 93.5 Å². The minimum absolute atomic E-state index is 0.252. The van der Waals surface area contributed by atoms with Crippen molar-refractivity contribution in [3.63, 3.8) is 0 Å². The zero-order chi connectivity index (χ0) is 10.2. The highest BCUT2D eigenvalue weighted by atomic mass is 32.2. The van der Waals surface area contributed by atoms with E-state index in [0.717, 1.165) is 22.8 Å². The van der Waals surface area contributed by atoms with E-state index in [9.17, 15) is 5.11 Å². The van der Waals surface area contributed by atoms with Gasteiger partial charge < -0.3 is 5.11 Å². The molecule has 14 heavy (non-hydrogen) atoms. The molecule has 1 saturated heterocycles. The van der Waals surface area contributed by atoms with E-state index in [1.165, 1.54) is 0 Å². The topological polar surface area (TPSA) is 20.2 Å². The minimum Gasteiger partial charge on any atom is -0.383 e. The standard InChI is InChI=1S/C11H16OS2/c1-10(2)6-11(12,8-13-7-10)9-4-3-5-14-9/h3-5,12H,6-8H2,1-2H3. The summed E-state index contributed by atoms with van der Waals surface area (Å²) in [7, 11) is 0. The van der Waals surface area contributed by atoms with E-state index in [1.54, 1.807) is 11.3 Å². The quantitative estimate of drug-likeness (QED) is 0.797. The summed E-state index contributed by atoms with van der Waals surface area (Å²) in [5.41, 5.74) is -0.331. The molecule has 1 N–H and O–H groups in total. The highest BCUT2D eigenvalue weighted by molar-refractivity contribution is 7.99. The van der Waals surface area contributed by atoms with Crippen LogP contribution < -0.4 is 0 Å². The summed E-state index contributed by atoms with van der Waals surface area (Å²) in [6.07, 6.45) is 0.882. The van der Waals surface area contributed by atoms with Crippen molar-refractivity contribution < 1.29 is 5.11 Å². The van der Waals surface area contributed by atoms with E-state index in [4.69, 9.17) is 0 Å². The molecule has 1 unspecified atom stereocenters. The molecular formula is C11H16OS2. The number of hydrogen-bond donors (Lipinski definition) is 1. The van der Waals surface area contributed by atoms with Crippen LogP contribution in [0, 0.1) is 5.41 Å². The van der Waals surface area contributed by atoms with Gasteiger partial charge in [0, 0.05) is 10.6 Å². The first-order valence-corrected chi connectivity index (χ1v) is 6.89. The van der Waals surface area contributed by atoms with Gasteiger partial charge in [-0.05, 0) is 29.0 Å². The van der Waals surface area contributed by atoms with E-state index >= 15 is 0 Å². The van der Waals surface area contributed by atoms with Gasteiger partial charge in [0.05, 0.1) is 0 Å².